The molecule has 2 rings (SSSR count). The van der Waals surface area contributed by atoms with Gasteiger partial charge in [-0.15, -0.1) is 0 Å². The summed E-state index contributed by atoms with van der Waals surface area (Å²) < 4.78 is 28.1. The van der Waals surface area contributed by atoms with Gasteiger partial charge < -0.3 is 10.2 Å². The molecule has 7 heteroatoms. The summed E-state index contributed by atoms with van der Waals surface area (Å²) in [4.78, 5) is 15.5. The molecule has 0 aliphatic carbocycles. The zero-order valence-corrected chi connectivity index (χ0v) is 18.6. The van der Waals surface area contributed by atoms with E-state index < -0.39 is 16.1 Å². The molecule has 1 aromatic rings. The highest BCUT2D eigenvalue weighted by atomic mass is 32.2. The lowest BCUT2D eigenvalue weighted by Crippen LogP contribution is -2.53. The predicted molar refractivity (Wildman–Crippen MR) is 113 cm³/mol. The van der Waals surface area contributed by atoms with Crippen LogP contribution in [0.3, 0.4) is 0 Å². The van der Waals surface area contributed by atoms with Crippen molar-refractivity contribution in [3.8, 4) is 0 Å². The maximum Gasteiger partial charge on any atom is 0.241 e. The SMILES string of the molecule is Cc1ccc(S(=O)(=O)N[C@H](CC(C)C)C(=O)NC2CCN(C(C)C)CC2)cc1. The first-order valence-electron chi connectivity index (χ1n) is 10.2. The molecule has 6 nitrogen and oxygen atoms in total. The fourth-order valence-corrected chi connectivity index (χ4v) is 4.72. The highest BCUT2D eigenvalue weighted by Gasteiger charge is 2.29. The molecule has 1 aliphatic rings. The summed E-state index contributed by atoms with van der Waals surface area (Å²) >= 11 is 0. The Morgan fingerprint density at radius 3 is 2.18 bits per heavy atom. The smallest absolute Gasteiger partial charge is 0.241 e. The summed E-state index contributed by atoms with van der Waals surface area (Å²) in [5.41, 5.74) is 0.989. The summed E-state index contributed by atoms with van der Waals surface area (Å²) in [6.07, 6.45) is 2.24. The topological polar surface area (TPSA) is 78.5 Å². The molecule has 0 bridgehead atoms. The number of hydrogen-bond donors (Lipinski definition) is 2. The van der Waals surface area contributed by atoms with Crippen molar-refractivity contribution in [1.29, 1.82) is 0 Å². The zero-order valence-electron chi connectivity index (χ0n) is 17.7. The Balaban J connectivity index is 2.04. The first kappa shape index (κ1) is 22.8. The van der Waals surface area contributed by atoms with Gasteiger partial charge in [0.2, 0.25) is 15.9 Å². The van der Waals surface area contributed by atoms with Crippen molar-refractivity contribution >= 4 is 15.9 Å². The van der Waals surface area contributed by atoms with Gasteiger partial charge in [-0.25, -0.2) is 8.42 Å². The predicted octanol–water partition coefficient (Wildman–Crippen LogP) is 2.68. The van der Waals surface area contributed by atoms with Crippen LogP contribution in [0.15, 0.2) is 29.2 Å². The standard InChI is InChI=1S/C21H35N3O3S/c1-15(2)14-20(23-28(26,27)19-8-6-17(5)7-9-19)21(25)22-18-10-12-24(13-11-18)16(3)4/h6-9,15-16,18,20,23H,10-14H2,1-5H3,(H,22,25)/t20-/m1/s1. The van der Waals surface area contributed by atoms with E-state index >= 15 is 0 Å². The Bertz CT molecular complexity index is 737. The molecule has 0 saturated carbocycles. The number of sulfonamides is 1. The average molecular weight is 410 g/mol. The van der Waals surface area contributed by atoms with E-state index in [1.807, 2.05) is 20.8 Å². The van der Waals surface area contributed by atoms with Crippen LogP contribution >= 0.6 is 0 Å². The van der Waals surface area contributed by atoms with Crippen molar-refractivity contribution in [3.63, 3.8) is 0 Å². The average Bonchev–Trinajstić information content (AvgIpc) is 2.61. The van der Waals surface area contributed by atoms with Crippen molar-refractivity contribution in [2.45, 2.75) is 76.9 Å². The van der Waals surface area contributed by atoms with E-state index in [0.717, 1.165) is 31.5 Å². The molecule has 28 heavy (non-hydrogen) atoms. The minimum absolute atomic E-state index is 0.0982. The number of likely N-dealkylation sites (tertiary alicyclic amines) is 1. The number of rotatable bonds is 8. The highest BCUT2D eigenvalue weighted by molar-refractivity contribution is 7.89. The summed E-state index contributed by atoms with van der Waals surface area (Å²) in [5, 5.41) is 3.07. The molecule has 0 aromatic heterocycles. The van der Waals surface area contributed by atoms with Crippen molar-refractivity contribution in [2.24, 2.45) is 5.92 Å². The van der Waals surface area contributed by atoms with Gasteiger partial charge >= 0.3 is 0 Å². The van der Waals surface area contributed by atoms with Gasteiger partial charge in [0.25, 0.3) is 0 Å². The molecule has 158 valence electrons. The van der Waals surface area contributed by atoms with Crippen LogP contribution in [0, 0.1) is 12.8 Å². The van der Waals surface area contributed by atoms with E-state index in [0.29, 0.717) is 12.5 Å². The summed E-state index contributed by atoms with van der Waals surface area (Å²) in [7, 11) is -3.75. The van der Waals surface area contributed by atoms with Crippen LogP contribution < -0.4 is 10.0 Å². The van der Waals surface area contributed by atoms with Gasteiger partial charge in [-0.1, -0.05) is 31.5 Å². The summed E-state index contributed by atoms with van der Waals surface area (Å²) in [5.74, 6) is -0.0355. The summed E-state index contributed by atoms with van der Waals surface area (Å²) in [6, 6.07) is 6.50. The first-order chi connectivity index (χ1) is 13.1. The Morgan fingerprint density at radius 2 is 1.68 bits per heavy atom. The number of piperidine rings is 1. The molecule has 0 radical (unpaired) electrons. The Labute approximate surface area is 170 Å². The maximum atomic E-state index is 12.9. The zero-order chi connectivity index (χ0) is 20.9. The number of hydrogen-bond acceptors (Lipinski definition) is 4. The molecule has 0 unspecified atom stereocenters. The van der Waals surface area contributed by atoms with Crippen LogP contribution in [0.25, 0.3) is 0 Å². The van der Waals surface area contributed by atoms with Gasteiger partial charge in [-0.2, -0.15) is 4.72 Å². The van der Waals surface area contributed by atoms with Crippen molar-refractivity contribution < 1.29 is 13.2 Å². The Morgan fingerprint density at radius 1 is 1.11 bits per heavy atom. The molecule has 1 aliphatic heterocycles. The lowest BCUT2D eigenvalue weighted by atomic mass is 10.0. The Hall–Kier alpha value is -1.44. The third-order valence-electron chi connectivity index (χ3n) is 5.26. The van der Waals surface area contributed by atoms with Gasteiger partial charge in [-0.3, -0.25) is 4.79 Å². The Kier molecular flexibility index (Phi) is 8.04. The van der Waals surface area contributed by atoms with E-state index in [1.165, 1.54) is 0 Å². The minimum Gasteiger partial charge on any atom is -0.352 e. The number of nitrogens with one attached hydrogen (secondary N) is 2. The molecule has 1 aromatic carbocycles. The third kappa shape index (κ3) is 6.57. The first-order valence-corrected chi connectivity index (χ1v) is 11.7. The highest BCUT2D eigenvalue weighted by Crippen LogP contribution is 2.16. The van der Waals surface area contributed by atoms with Crippen molar-refractivity contribution in [2.75, 3.05) is 13.1 Å². The van der Waals surface area contributed by atoms with Crippen LogP contribution in [0.5, 0.6) is 0 Å². The molecular weight excluding hydrogens is 374 g/mol. The van der Waals surface area contributed by atoms with Crippen LogP contribution in [0.4, 0.5) is 0 Å². The number of benzene rings is 1. The van der Waals surface area contributed by atoms with Crippen LogP contribution in [-0.4, -0.2) is 50.4 Å². The van der Waals surface area contributed by atoms with Crippen molar-refractivity contribution in [3.05, 3.63) is 29.8 Å². The monoisotopic (exact) mass is 409 g/mol. The van der Waals surface area contributed by atoms with Gasteiger partial charge in [-0.05, 0) is 58.1 Å². The van der Waals surface area contributed by atoms with E-state index in [4.69, 9.17) is 0 Å². The molecule has 1 atom stereocenters. The third-order valence-corrected chi connectivity index (χ3v) is 6.75. The van der Waals surface area contributed by atoms with E-state index in [2.05, 4.69) is 28.8 Å². The molecular formula is C21H35N3O3S. The normalized spacial score (nSPS) is 17.8. The van der Waals surface area contributed by atoms with E-state index in [-0.39, 0.29) is 22.8 Å². The molecule has 1 heterocycles. The van der Waals surface area contributed by atoms with Crippen LogP contribution in [0.2, 0.25) is 0 Å². The number of nitrogens with zero attached hydrogens (tertiary/aromatic N) is 1. The number of amides is 1. The van der Waals surface area contributed by atoms with Gasteiger partial charge in [0.15, 0.2) is 0 Å². The van der Waals surface area contributed by atoms with Gasteiger partial charge in [0.1, 0.15) is 6.04 Å². The fourth-order valence-electron chi connectivity index (χ4n) is 3.51. The molecule has 0 spiro atoms. The summed E-state index contributed by atoms with van der Waals surface area (Å²) in [6.45, 7) is 12.1. The van der Waals surface area contributed by atoms with Crippen molar-refractivity contribution in [1.82, 2.24) is 14.9 Å². The molecule has 1 fully saturated rings. The largest absolute Gasteiger partial charge is 0.352 e. The van der Waals surface area contributed by atoms with Gasteiger partial charge in [0.05, 0.1) is 4.90 Å². The molecule has 2 N–H and O–H groups in total. The second-order valence-electron chi connectivity index (χ2n) is 8.53. The minimum atomic E-state index is -3.75. The lowest BCUT2D eigenvalue weighted by Gasteiger charge is -2.35. The van der Waals surface area contributed by atoms with Crippen LogP contribution in [-0.2, 0) is 14.8 Å². The van der Waals surface area contributed by atoms with Gasteiger partial charge in [0, 0.05) is 25.2 Å². The molecule has 1 saturated heterocycles. The lowest BCUT2D eigenvalue weighted by molar-refractivity contribution is -0.124. The molecule has 1 amide bonds. The quantitative estimate of drug-likeness (QED) is 0.692. The number of aryl methyl sites for hydroxylation is 1. The van der Waals surface area contributed by atoms with E-state index in [1.54, 1.807) is 24.3 Å². The van der Waals surface area contributed by atoms with Crippen LogP contribution in [0.1, 0.15) is 52.5 Å². The maximum absolute atomic E-state index is 12.9. The number of carbonyl (C=O) groups is 1. The van der Waals surface area contributed by atoms with E-state index in [9.17, 15) is 13.2 Å². The number of carbonyl (C=O) groups excluding carboxylic acids is 1. The second kappa shape index (κ2) is 9.85. The second-order valence-corrected chi connectivity index (χ2v) is 10.2. The fraction of sp³-hybridized carbons (Fsp3) is 0.667.